The summed E-state index contributed by atoms with van der Waals surface area (Å²) in [6.07, 6.45) is 0. The van der Waals surface area contributed by atoms with Crippen LogP contribution in [-0.4, -0.2) is 16.8 Å². The fraction of sp³-hybridized carbons (Fsp3) is 0.0556. The van der Waals surface area contributed by atoms with E-state index in [0.717, 1.165) is 12.1 Å². The third-order valence-electron chi connectivity index (χ3n) is 3.41. The Kier molecular flexibility index (Phi) is 5.04. The number of nitrogens with zero attached hydrogens (tertiary/aromatic N) is 1. The summed E-state index contributed by atoms with van der Waals surface area (Å²) in [5.74, 6) is -2.46. The highest BCUT2D eigenvalue weighted by molar-refractivity contribution is 7.14. The molecule has 0 saturated heterocycles. The van der Waals surface area contributed by atoms with Crippen LogP contribution in [0.2, 0.25) is 0 Å². The maximum Gasteiger partial charge on any atom is 0.257 e. The van der Waals surface area contributed by atoms with E-state index in [1.165, 1.54) is 24.3 Å². The lowest BCUT2D eigenvalue weighted by Crippen LogP contribution is -2.12. The number of anilines is 2. The minimum atomic E-state index is -0.958. The molecule has 3 aromatic rings. The lowest BCUT2D eigenvalue weighted by molar-refractivity contribution is -0.114. The second kappa shape index (κ2) is 7.40. The van der Waals surface area contributed by atoms with E-state index in [1.54, 1.807) is 29.6 Å². The summed E-state index contributed by atoms with van der Waals surface area (Å²) >= 11 is 1.17. The van der Waals surface area contributed by atoms with Gasteiger partial charge in [-0.2, -0.15) is 0 Å². The number of halogens is 2. The van der Waals surface area contributed by atoms with E-state index in [9.17, 15) is 18.4 Å². The number of thiazole rings is 1. The highest BCUT2D eigenvalue weighted by Crippen LogP contribution is 2.26. The van der Waals surface area contributed by atoms with Crippen molar-refractivity contribution in [1.82, 2.24) is 4.98 Å². The average molecular weight is 373 g/mol. The van der Waals surface area contributed by atoms with E-state index in [4.69, 9.17) is 0 Å². The predicted molar refractivity (Wildman–Crippen MR) is 96.2 cm³/mol. The highest BCUT2D eigenvalue weighted by atomic mass is 32.1. The highest BCUT2D eigenvalue weighted by Gasteiger charge is 2.11. The molecule has 0 spiro atoms. The summed E-state index contributed by atoms with van der Waals surface area (Å²) in [7, 11) is 0. The third-order valence-corrected chi connectivity index (χ3v) is 4.17. The lowest BCUT2D eigenvalue weighted by atomic mass is 10.2. The molecule has 3 rings (SSSR count). The topological polar surface area (TPSA) is 71.1 Å². The Bertz CT molecular complexity index is 971. The van der Waals surface area contributed by atoms with Crippen molar-refractivity contribution in [3.05, 3.63) is 65.0 Å². The molecule has 2 N–H and O–H groups in total. The molecule has 1 heterocycles. The minimum Gasteiger partial charge on any atom is -0.326 e. The van der Waals surface area contributed by atoms with Crippen LogP contribution in [0.15, 0.2) is 47.8 Å². The van der Waals surface area contributed by atoms with Gasteiger partial charge in [0.1, 0.15) is 0 Å². The zero-order valence-corrected chi connectivity index (χ0v) is 14.4. The number of benzene rings is 2. The molecule has 8 heteroatoms. The van der Waals surface area contributed by atoms with Crippen molar-refractivity contribution >= 4 is 34.0 Å². The standard InChI is InChI=1S/C18H13F2N3O2S/c1-10(24)21-13-5-2-11(3-6-13)17(25)23-18-22-16(9-26-18)12-4-7-14(19)15(20)8-12/h2-9H,1H3,(H,21,24)(H,22,23,25). The van der Waals surface area contributed by atoms with Crippen LogP contribution < -0.4 is 10.6 Å². The Morgan fingerprint density at radius 3 is 2.38 bits per heavy atom. The predicted octanol–water partition coefficient (Wildman–Crippen LogP) is 4.30. The lowest BCUT2D eigenvalue weighted by Gasteiger charge is -2.04. The van der Waals surface area contributed by atoms with Gasteiger partial charge >= 0.3 is 0 Å². The Hall–Kier alpha value is -3.13. The molecule has 0 unspecified atom stereocenters. The Morgan fingerprint density at radius 2 is 1.73 bits per heavy atom. The fourth-order valence-electron chi connectivity index (χ4n) is 2.20. The van der Waals surface area contributed by atoms with Crippen LogP contribution in [-0.2, 0) is 4.79 Å². The number of carbonyl (C=O) groups is 2. The molecule has 0 aliphatic heterocycles. The quantitative estimate of drug-likeness (QED) is 0.716. The van der Waals surface area contributed by atoms with E-state index >= 15 is 0 Å². The largest absolute Gasteiger partial charge is 0.326 e. The first-order valence-electron chi connectivity index (χ1n) is 7.52. The van der Waals surface area contributed by atoms with Gasteiger partial charge in [-0.1, -0.05) is 0 Å². The van der Waals surface area contributed by atoms with Crippen molar-refractivity contribution in [2.75, 3.05) is 10.6 Å². The summed E-state index contributed by atoms with van der Waals surface area (Å²) in [5, 5.41) is 7.24. The van der Waals surface area contributed by atoms with Crippen LogP contribution in [0.5, 0.6) is 0 Å². The van der Waals surface area contributed by atoms with Crippen LogP contribution in [0, 0.1) is 11.6 Å². The molecule has 132 valence electrons. The fourth-order valence-corrected chi connectivity index (χ4v) is 2.91. The average Bonchev–Trinajstić information content (AvgIpc) is 3.06. The van der Waals surface area contributed by atoms with Gasteiger partial charge in [-0.15, -0.1) is 11.3 Å². The van der Waals surface area contributed by atoms with E-state index in [0.29, 0.717) is 27.6 Å². The van der Waals surface area contributed by atoms with Crippen LogP contribution in [0.4, 0.5) is 19.6 Å². The summed E-state index contributed by atoms with van der Waals surface area (Å²) < 4.78 is 26.3. The van der Waals surface area contributed by atoms with Gasteiger partial charge in [-0.05, 0) is 42.5 Å². The molecule has 0 radical (unpaired) electrons. The number of hydrogen-bond acceptors (Lipinski definition) is 4. The first kappa shape index (κ1) is 17.7. The molecule has 0 aliphatic carbocycles. The molecular formula is C18H13F2N3O2S. The van der Waals surface area contributed by atoms with Gasteiger partial charge in [-0.3, -0.25) is 14.9 Å². The maximum absolute atomic E-state index is 13.3. The van der Waals surface area contributed by atoms with E-state index in [1.807, 2.05) is 0 Å². The summed E-state index contributed by atoms with van der Waals surface area (Å²) in [5.41, 5.74) is 1.83. The molecule has 0 bridgehead atoms. The molecule has 0 atom stereocenters. The van der Waals surface area contributed by atoms with Crippen LogP contribution in [0.1, 0.15) is 17.3 Å². The summed E-state index contributed by atoms with van der Waals surface area (Å²) in [4.78, 5) is 27.5. The molecule has 1 aromatic heterocycles. The third kappa shape index (κ3) is 4.09. The van der Waals surface area contributed by atoms with E-state index < -0.39 is 11.6 Å². The first-order chi connectivity index (χ1) is 12.4. The van der Waals surface area contributed by atoms with Crippen LogP contribution >= 0.6 is 11.3 Å². The SMILES string of the molecule is CC(=O)Nc1ccc(C(=O)Nc2nc(-c3ccc(F)c(F)c3)cs2)cc1. The minimum absolute atomic E-state index is 0.199. The van der Waals surface area contributed by atoms with Gasteiger partial charge in [-0.25, -0.2) is 13.8 Å². The van der Waals surface area contributed by atoms with Crippen LogP contribution in [0.25, 0.3) is 11.3 Å². The molecule has 5 nitrogen and oxygen atoms in total. The van der Waals surface area contributed by atoms with Crippen molar-refractivity contribution in [2.24, 2.45) is 0 Å². The zero-order valence-electron chi connectivity index (χ0n) is 13.5. The van der Waals surface area contributed by atoms with Crippen molar-refractivity contribution in [2.45, 2.75) is 6.92 Å². The number of amides is 2. The molecule has 0 saturated carbocycles. The molecular weight excluding hydrogens is 360 g/mol. The normalized spacial score (nSPS) is 10.4. The van der Waals surface area contributed by atoms with Gasteiger partial charge in [0.05, 0.1) is 5.69 Å². The molecule has 0 fully saturated rings. The van der Waals surface area contributed by atoms with Gasteiger partial charge in [0, 0.05) is 29.1 Å². The van der Waals surface area contributed by atoms with Gasteiger partial charge in [0.25, 0.3) is 5.91 Å². The maximum atomic E-state index is 13.3. The second-order valence-electron chi connectivity index (χ2n) is 5.38. The van der Waals surface area contributed by atoms with Crippen molar-refractivity contribution < 1.29 is 18.4 Å². The molecule has 26 heavy (non-hydrogen) atoms. The monoisotopic (exact) mass is 373 g/mol. The van der Waals surface area contributed by atoms with E-state index in [2.05, 4.69) is 15.6 Å². The second-order valence-corrected chi connectivity index (χ2v) is 6.24. The van der Waals surface area contributed by atoms with Gasteiger partial charge in [0.2, 0.25) is 5.91 Å². The molecule has 0 aliphatic rings. The Labute approximate surface area is 151 Å². The zero-order chi connectivity index (χ0) is 18.7. The number of rotatable bonds is 4. The van der Waals surface area contributed by atoms with Crippen molar-refractivity contribution in [3.63, 3.8) is 0 Å². The number of carbonyl (C=O) groups excluding carboxylic acids is 2. The number of aromatic nitrogens is 1. The smallest absolute Gasteiger partial charge is 0.257 e. The Morgan fingerprint density at radius 1 is 1.00 bits per heavy atom. The van der Waals surface area contributed by atoms with Gasteiger partial charge in [0.15, 0.2) is 16.8 Å². The Balaban J connectivity index is 1.71. The molecule has 2 aromatic carbocycles. The molecule has 2 amide bonds. The summed E-state index contributed by atoms with van der Waals surface area (Å²) in [6.45, 7) is 1.40. The first-order valence-corrected chi connectivity index (χ1v) is 8.40. The number of hydrogen-bond donors (Lipinski definition) is 2. The van der Waals surface area contributed by atoms with Crippen molar-refractivity contribution in [1.29, 1.82) is 0 Å². The number of nitrogens with one attached hydrogen (secondary N) is 2. The van der Waals surface area contributed by atoms with Gasteiger partial charge < -0.3 is 5.32 Å². The van der Waals surface area contributed by atoms with Crippen molar-refractivity contribution in [3.8, 4) is 11.3 Å². The summed E-state index contributed by atoms with van der Waals surface area (Å²) in [6, 6.07) is 9.88. The van der Waals surface area contributed by atoms with E-state index in [-0.39, 0.29) is 11.8 Å². The van der Waals surface area contributed by atoms with Crippen LogP contribution in [0.3, 0.4) is 0 Å².